The third-order valence-electron chi connectivity index (χ3n) is 3.02. The predicted octanol–water partition coefficient (Wildman–Crippen LogP) is 0.236. The van der Waals surface area contributed by atoms with Crippen molar-refractivity contribution in [1.82, 2.24) is 14.5 Å². The average Bonchev–Trinajstić information content (AvgIpc) is 2.40. The number of ether oxygens (including phenoxy) is 1. The molecule has 0 saturated heterocycles. The van der Waals surface area contributed by atoms with Crippen molar-refractivity contribution < 1.29 is 4.74 Å². The lowest BCUT2D eigenvalue weighted by atomic mass is 10.2. The third-order valence-corrected chi connectivity index (χ3v) is 3.02. The van der Waals surface area contributed by atoms with Crippen LogP contribution in [0.15, 0.2) is 15.7 Å². The van der Waals surface area contributed by atoms with Gasteiger partial charge in [0.15, 0.2) is 0 Å². The van der Waals surface area contributed by atoms with Gasteiger partial charge in [-0.05, 0) is 18.9 Å². The molecule has 0 aliphatic carbocycles. The number of aromatic nitrogens is 2. The zero-order valence-electron chi connectivity index (χ0n) is 12.8. The lowest BCUT2D eigenvalue weighted by molar-refractivity contribution is 0.108. The molecule has 20 heavy (non-hydrogen) atoms. The Morgan fingerprint density at radius 1 is 1.25 bits per heavy atom. The summed E-state index contributed by atoms with van der Waals surface area (Å²) in [6.07, 6.45) is 0.908. The number of hydrogen-bond donors (Lipinski definition) is 1. The van der Waals surface area contributed by atoms with Gasteiger partial charge in [0, 0.05) is 45.6 Å². The van der Waals surface area contributed by atoms with E-state index < -0.39 is 0 Å². The van der Waals surface area contributed by atoms with Crippen molar-refractivity contribution in [2.75, 3.05) is 19.8 Å². The van der Waals surface area contributed by atoms with Crippen LogP contribution < -0.4 is 16.6 Å². The van der Waals surface area contributed by atoms with Gasteiger partial charge in [-0.2, -0.15) is 0 Å². The number of nitrogens with one attached hydrogen (secondary N) is 1. The summed E-state index contributed by atoms with van der Waals surface area (Å²) in [5.74, 6) is 0.554. The molecule has 114 valence electrons. The van der Waals surface area contributed by atoms with Crippen molar-refractivity contribution in [2.24, 2.45) is 20.0 Å². The highest BCUT2D eigenvalue weighted by atomic mass is 16.5. The molecule has 1 N–H and O–H groups in total. The van der Waals surface area contributed by atoms with E-state index in [0.717, 1.165) is 30.7 Å². The van der Waals surface area contributed by atoms with Crippen LogP contribution in [0.3, 0.4) is 0 Å². The summed E-state index contributed by atoms with van der Waals surface area (Å²) < 4.78 is 8.07. The molecule has 6 heteroatoms. The second-order valence-corrected chi connectivity index (χ2v) is 5.37. The molecule has 0 aliphatic heterocycles. The first-order chi connectivity index (χ1) is 9.43. The molecule has 0 aliphatic rings. The summed E-state index contributed by atoms with van der Waals surface area (Å²) >= 11 is 0. The van der Waals surface area contributed by atoms with Crippen molar-refractivity contribution in [1.29, 1.82) is 0 Å². The van der Waals surface area contributed by atoms with Crippen LogP contribution >= 0.6 is 0 Å². The maximum Gasteiger partial charge on any atom is 0.330 e. The van der Waals surface area contributed by atoms with E-state index in [1.165, 1.54) is 17.7 Å². The van der Waals surface area contributed by atoms with E-state index >= 15 is 0 Å². The fourth-order valence-electron chi connectivity index (χ4n) is 1.78. The lowest BCUT2D eigenvalue weighted by Crippen LogP contribution is -2.39. The Balaban J connectivity index is 2.36. The van der Waals surface area contributed by atoms with Gasteiger partial charge in [-0.1, -0.05) is 13.8 Å². The fraction of sp³-hybridized carbons (Fsp3) is 0.714. The van der Waals surface area contributed by atoms with Crippen LogP contribution in [0.2, 0.25) is 0 Å². The van der Waals surface area contributed by atoms with Crippen molar-refractivity contribution in [3.05, 3.63) is 32.6 Å². The van der Waals surface area contributed by atoms with Crippen molar-refractivity contribution in [3.8, 4) is 0 Å². The van der Waals surface area contributed by atoms with Crippen molar-refractivity contribution >= 4 is 0 Å². The minimum absolute atomic E-state index is 0.273. The first kappa shape index (κ1) is 16.7. The van der Waals surface area contributed by atoms with Crippen LogP contribution in [0.4, 0.5) is 0 Å². The molecule has 1 aromatic rings. The van der Waals surface area contributed by atoms with Crippen LogP contribution in [0, 0.1) is 5.92 Å². The summed E-state index contributed by atoms with van der Waals surface area (Å²) in [4.78, 5) is 23.3. The van der Waals surface area contributed by atoms with E-state index in [-0.39, 0.29) is 11.2 Å². The molecular formula is C14H25N3O3. The largest absolute Gasteiger partial charge is 0.381 e. The van der Waals surface area contributed by atoms with E-state index in [9.17, 15) is 9.59 Å². The first-order valence-electron chi connectivity index (χ1n) is 6.98. The Labute approximate surface area is 119 Å². The molecule has 6 nitrogen and oxygen atoms in total. The summed E-state index contributed by atoms with van der Waals surface area (Å²) in [5, 5.41) is 3.22. The standard InChI is InChI=1S/C14H25N3O3/c1-11(2)10-20-7-5-6-15-9-12-8-13(18)17(4)14(19)16(12)3/h8,11,15H,5-7,9-10H2,1-4H3. The highest BCUT2D eigenvalue weighted by molar-refractivity contribution is 5.01. The normalized spacial score (nSPS) is 11.2. The smallest absolute Gasteiger partial charge is 0.330 e. The summed E-state index contributed by atoms with van der Waals surface area (Å²) in [6, 6.07) is 1.49. The van der Waals surface area contributed by atoms with Crippen LogP contribution in [0.1, 0.15) is 26.0 Å². The zero-order valence-corrected chi connectivity index (χ0v) is 12.8. The van der Waals surface area contributed by atoms with Crippen LogP contribution in [0.5, 0.6) is 0 Å². The Kier molecular flexibility index (Phi) is 6.67. The van der Waals surface area contributed by atoms with Gasteiger partial charge in [0.2, 0.25) is 0 Å². The van der Waals surface area contributed by atoms with Crippen LogP contribution in [-0.4, -0.2) is 28.9 Å². The molecule has 0 spiro atoms. The molecule has 0 radical (unpaired) electrons. The summed E-state index contributed by atoms with van der Waals surface area (Å²) in [6.45, 7) is 7.04. The molecule has 0 bridgehead atoms. The predicted molar refractivity (Wildman–Crippen MR) is 78.9 cm³/mol. The lowest BCUT2D eigenvalue weighted by Gasteiger charge is -2.11. The molecule has 0 unspecified atom stereocenters. The van der Waals surface area contributed by atoms with Gasteiger partial charge in [-0.3, -0.25) is 13.9 Å². The summed E-state index contributed by atoms with van der Waals surface area (Å²) in [5.41, 5.74) is 0.126. The Morgan fingerprint density at radius 2 is 1.95 bits per heavy atom. The second-order valence-electron chi connectivity index (χ2n) is 5.37. The molecule has 1 rings (SSSR count). The number of rotatable bonds is 8. The highest BCUT2D eigenvalue weighted by Gasteiger charge is 2.05. The quantitative estimate of drug-likeness (QED) is 0.694. The third kappa shape index (κ3) is 4.94. The van der Waals surface area contributed by atoms with Gasteiger partial charge in [0.05, 0.1) is 0 Å². The fourth-order valence-corrected chi connectivity index (χ4v) is 1.78. The molecule has 0 fully saturated rings. The minimum Gasteiger partial charge on any atom is -0.381 e. The summed E-state index contributed by atoms with van der Waals surface area (Å²) in [7, 11) is 3.15. The molecule has 0 aromatic carbocycles. The Hall–Kier alpha value is -1.40. The molecule has 0 saturated carbocycles. The highest BCUT2D eigenvalue weighted by Crippen LogP contribution is 1.94. The Morgan fingerprint density at radius 3 is 2.60 bits per heavy atom. The maximum atomic E-state index is 11.7. The first-order valence-corrected chi connectivity index (χ1v) is 6.98. The van der Waals surface area contributed by atoms with E-state index in [1.54, 1.807) is 7.05 Å². The van der Waals surface area contributed by atoms with E-state index in [1.807, 2.05) is 0 Å². The molecule has 0 atom stereocenters. The number of hydrogen-bond acceptors (Lipinski definition) is 4. The number of nitrogens with zero attached hydrogens (tertiary/aromatic N) is 2. The molecule has 1 aromatic heterocycles. The van der Waals surface area contributed by atoms with Gasteiger partial charge < -0.3 is 10.1 Å². The van der Waals surface area contributed by atoms with Gasteiger partial charge in [0.1, 0.15) is 0 Å². The molecule has 0 amide bonds. The zero-order chi connectivity index (χ0) is 15.1. The SMILES string of the molecule is CC(C)COCCCNCc1cc(=O)n(C)c(=O)n1C. The van der Waals surface area contributed by atoms with Gasteiger partial charge in [-0.15, -0.1) is 0 Å². The maximum absolute atomic E-state index is 11.7. The van der Waals surface area contributed by atoms with Gasteiger partial charge >= 0.3 is 5.69 Å². The van der Waals surface area contributed by atoms with Gasteiger partial charge in [0.25, 0.3) is 5.56 Å². The minimum atomic E-state index is -0.297. The van der Waals surface area contributed by atoms with Gasteiger partial charge in [-0.25, -0.2) is 4.79 Å². The average molecular weight is 283 g/mol. The molecule has 1 heterocycles. The Bertz CT molecular complexity index is 531. The van der Waals surface area contributed by atoms with E-state index in [2.05, 4.69) is 19.2 Å². The van der Waals surface area contributed by atoms with Crippen molar-refractivity contribution in [2.45, 2.75) is 26.8 Å². The van der Waals surface area contributed by atoms with E-state index in [4.69, 9.17) is 4.74 Å². The van der Waals surface area contributed by atoms with Crippen LogP contribution in [-0.2, 0) is 25.4 Å². The van der Waals surface area contributed by atoms with E-state index in [0.29, 0.717) is 18.2 Å². The van der Waals surface area contributed by atoms with Crippen molar-refractivity contribution in [3.63, 3.8) is 0 Å². The monoisotopic (exact) mass is 283 g/mol. The molecular weight excluding hydrogens is 258 g/mol. The second kappa shape index (κ2) is 8.01. The topological polar surface area (TPSA) is 65.3 Å². The van der Waals surface area contributed by atoms with Crippen LogP contribution in [0.25, 0.3) is 0 Å².